The largest absolute Gasteiger partial charge is 0.328 e. The second-order valence-corrected chi connectivity index (χ2v) is 6.77. The molecule has 0 aliphatic rings. The minimum absolute atomic E-state index is 0.339. The Labute approximate surface area is 108 Å². The van der Waals surface area contributed by atoms with E-state index in [0.29, 0.717) is 11.5 Å². The Morgan fingerprint density at radius 1 is 1.00 bits per heavy atom. The number of nitrogens with two attached hydrogens (primary N) is 1. The van der Waals surface area contributed by atoms with Gasteiger partial charge < -0.3 is 15.5 Å². The topological polar surface area (TPSA) is 32.5 Å². The molecule has 0 rings (SSSR count). The van der Waals surface area contributed by atoms with Crippen LogP contribution in [0.1, 0.15) is 40.0 Å². The Hall–Kier alpha value is -0.120. The van der Waals surface area contributed by atoms with Crippen LogP contribution in [0.15, 0.2) is 0 Å². The van der Waals surface area contributed by atoms with Crippen molar-refractivity contribution in [2.75, 3.05) is 40.8 Å². The molecule has 0 fully saturated rings. The van der Waals surface area contributed by atoms with Crippen molar-refractivity contribution in [1.82, 2.24) is 9.80 Å². The molecule has 1 atom stereocenters. The van der Waals surface area contributed by atoms with Crippen LogP contribution in [0.3, 0.4) is 0 Å². The van der Waals surface area contributed by atoms with Crippen LogP contribution in [0.5, 0.6) is 0 Å². The lowest BCUT2D eigenvalue weighted by atomic mass is 9.87. The van der Waals surface area contributed by atoms with Gasteiger partial charge >= 0.3 is 0 Å². The van der Waals surface area contributed by atoms with Gasteiger partial charge in [0.15, 0.2) is 0 Å². The van der Waals surface area contributed by atoms with Crippen molar-refractivity contribution in [2.24, 2.45) is 11.1 Å². The van der Waals surface area contributed by atoms with Crippen molar-refractivity contribution in [2.45, 2.75) is 46.1 Å². The Kier molecular flexibility index (Phi) is 8.01. The average molecular weight is 243 g/mol. The van der Waals surface area contributed by atoms with Crippen LogP contribution in [-0.2, 0) is 0 Å². The zero-order valence-corrected chi connectivity index (χ0v) is 12.8. The summed E-state index contributed by atoms with van der Waals surface area (Å²) in [7, 11) is 6.44. The highest BCUT2D eigenvalue weighted by Gasteiger charge is 2.15. The van der Waals surface area contributed by atoms with Crippen LogP contribution in [-0.4, -0.2) is 56.6 Å². The Morgan fingerprint density at radius 3 is 2.06 bits per heavy atom. The molecule has 0 aromatic heterocycles. The van der Waals surface area contributed by atoms with Gasteiger partial charge in [0.05, 0.1) is 0 Å². The highest BCUT2D eigenvalue weighted by Crippen LogP contribution is 2.21. The van der Waals surface area contributed by atoms with E-state index in [2.05, 4.69) is 51.7 Å². The summed E-state index contributed by atoms with van der Waals surface area (Å²) in [5.74, 6) is 0. The van der Waals surface area contributed by atoms with Gasteiger partial charge in [0, 0.05) is 6.04 Å². The highest BCUT2D eigenvalue weighted by atomic mass is 15.1. The predicted molar refractivity (Wildman–Crippen MR) is 77.3 cm³/mol. The van der Waals surface area contributed by atoms with Crippen molar-refractivity contribution < 1.29 is 0 Å². The molecule has 2 N–H and O–H groups in total. The van der Waals surface area contributed by atoms with Gasteiger partial charge in [0.2, 0.25) is 0 Å². The maximum Gasteiger partial charge on any atom is 0.00559 e. The maximum atomic E-state index is 6.15. The molecular formula is C14H33N3. The third-order valence-corrected chi connectivity index (χ3v) is 2.90. The normalized spacial score (nSPS) is 14.6. The summed E-state index contributed by atoms with van der Waals surface area (Å²) < 4.78 is 0. The molecule has 3 heteroatoms. The van der Waals surface area contributed by atoms with Crippen LogP contribution in [0.2, 0.25) is 0 Å². The van der Waals surface area contributed by atoms with Gasteiger partial charge in [-0.3, -0.25) is 0 Å². The Bertz CT molecular complexity index is 184. The second kappa shape index (κ2) is 8.06. The fraction of sp³-hybridized carbons (Fsp3) is 1.00. The molecule has 0 spiro atoms. The van der Waals surface area contributed by atoms with Gasteiger partial charge in [-0.25, -0.2) is 0 Å². The summed E-state index contributed by atoms with van der Waals surface area (Å²) >= 11 is 0. The maximum absolute atomic E-state index is 6.15. The van der Waals surface area contributed by atoms with Gasteiger partial charge in [-0.15, -0.1) is 0 Å². The molecule has 0 radical (unpaired) electrons. The first-order valence-electron chi connectivity index (χ1n) is 6.79. The molecular weight excluding hydrogens is 210 g/mol. The zero-order chi connectivity index (χ0) is 13.5. The van der Waals surface area contributed by atoms with E-state index >= 15 is 0 Å². The molecule has 0 aliphatic heterocycles. The molecule has 3 nitrogen and oxygen atoms in total. The molecule has 0 amide bonds. The summed E-state index contributed by atoms with van der Waals surface area (Å²) in [4.78, 5) is 4.63. The van der Waals surface area contributed by atoms with E-state index in [9.17, 15) is 0 Å². The third-order valence-electron chi connectivity index (χ3n) is 2.90. The van der Waals surface area contributed by atoms with Crippen molar-refractivity contribution in [1.29, 1.82) is 0 Å². The molecule has 0 saturated heterocycles. The fourth-order valence-electron chi connectivity index (χ4n) is 2.04. The predicted octanol–water partition coefficient (Wildman–Crippen LogP) is 2.02. The van der Waals surface area contributed by atoms with Crippen molar-refractivity contribution >= 4 is 0 Å². The first-order valence-corrected chi connectivity index (χ1v) is 6.79. The first kappa shape index (κ1) is 16.9. The van der Waals surface area contributed by atoms with E-state index in [0.717, 1.165) is 19.4 Å². The molecule has 0 aromatic rings. The number of hydrogen-bond acceptors (Lipinski definition) is 3. The number of nitrogens with zero attached hydrogens (tertiary/aromatic N) is 2. The fourth-order valence-corrected chi connectivity index (χ4v) is 2.04. The van der Waals surface area contributed by atoms with E-state index in [1.54, 1.807) is 0 Å². The summed E-state index contributed by atoms with van der Waals surface area (Å²) in [5, 5.41) is 0. The average Bonchev–Trinajstić information content (AvgIpc) is 2.11. The van der Waals surface area contributed by atoms with Gasteiger partial charge in [0.1, 0.15) is 0 Å². The van der Waals surface area contributed by atoms with Gasteiger partial charge in [-0.05, 0) is 65.5 Å². The third kappa shape index (κ3) is 12.1. The monoisotopic (exact) mass is 243 g/mol. The van der Waals surface area contributed by atoms with Crippen LogP contribution in [0.25, 0.3) is 0 Å². The zero-order valence-electron chi connectivity index (χ0n) is 12.8. The van der Waals surface area contributed by atoms with E-state index in [-0.39, 0.29) is 0 Å². The summed E-state index contributed by atoms with van der Waals surface area (Å²) in [6.07, 6.45) is 3.45. The van der Waals surface area contributed by atoms with E-state index < -0.39 is 0 Å². The van der Waals surface area contributed by atoms with Gasteiger partial charge in [-0.1, -0.05) is 20.8 Å². The lowest BCUT2D eigenvalue weighted by molar-refractivity contribution is 0.269. The molecule has 0 saturated carbocycles. The lowest BCUT2D eigenvalue weighted by Gasteiger charge is -2.25. The van der Waals surface area contributed by atoms with Crippen LogP contribution >= 0.6 is 0 Å². The molecule has 104 valence electrons. The van der Waals surface area contributed by atoms with Crippen molar-refractivity contribution in [3.05, 3.63) is 0 Å². The minimum atomic E-state index is 0.339. The highest BCUT2D eigenvalue weighted by molar-refractivity contribution is 4.72. The van der Waals surface area contributed by atoms with Gasteiger partial charge in [-0.2, -0.15) is 0 Å². The quantitative estimate of drug-likeness (QED) is 0.708. The Morgan fingerprint density at radius 2 is 1.59 bits per heavy atom. The standard InChI is InChI=1S/C14H33N3/c1-14(2,3)12-13(15)8-11-17(6)10-7-9-16(4)5/h13H,7-12,15H2,1-6H3. The van der Waals surface area contributed by atoms with E-state index in [4.69, 9.17) is 5.73 Å². The summed E-state index contributed by atoms with van der Waals surface area (Å²) in [6, 6.07) is 0.339. The SMILES string of the molecule is CN(C)CCCN(C)CCC(N)CC(C)(C)C. The number of rotatable bonds is 8. The van der Waals surface area contributed by atoms with Gasteiger partial charge in [0.25, 0.3) is 0 Å². The molecule has 0 heterocycles. The van der Waals surface area contributed by atoms with E-state index in [1.807, 2.05) is 0 Å². The molecule has 0 aliphatic carbocycles. The van der Waals surface area contributed by atoms with Crippen LogP contribution in [0, 0.1) is 5.41 Å². The summed E-state index contributed by atoms with van der Waals surface area (Å²) in [5.41, 5.74) is 6.50. The second-order valence-electron chi connectivity index (χ2n) is 6.77. The summed E-state index contributed by atoms with van der Waals surface area (Å²) in [6.45, 7) is 10.2. The first-order chi connectivity index (χ1) is 7.70. The van der Waals surface area contributed by atoms with E-state index in [1.165, 1.54) is 19.5 Å². The molecule has 17 heavy (non-hydrogen) atoms. The van der Waals surface area contributed by atoms with Crippen molar-refractivity contribution in [3.8, 4) is 0 Å². The van der Waals surface area contributed by atoms with Crippen LogP contribution < -0.4 is 5.73 Å². The molecule has 0 bridgehead atoms. The smallest absolute Gasteiger partial charge is 0.00559 e. The minimum Gasteiger partial charge on any atom is -0.328 e. The Balaban J connectivity index is 3.59. The lowest BCUT2D eigenvalue weighted by Crippen LogP contribution is -2.32. The van der Waals surface area contributed by atoms with Crippen LogP contribution in [0.4, 0.5) is 0 Å². The number of hydrogen-bond donors (Lipinski definition) is 1. The molecule has 0 aromatic carbocycles. The van der Waals surface area contributed by atoms with Crippen molar-refractivity contribution in [3.63, 3.8) is 0 Å². The molecule has 1 unspecified atom stereocenters.